The number of hydrogen-bond donors (Lipinski definition) is 1. The Morgan fingerprint density at radius 2 is 1.61 bits per heavy atom. The Morgan fingerprint density at radius 3 is 2.48 bits per heavy atom. The second kappa shape index (κ2) is 8.23. The van der Waals surface area contributed by atoms with Crippen LogP contribution < -0.4 is 10.1 Å². The van der Waals surface area contributed by atoms with Crippen molar-refractivity contribution in [2.24, 2.45) is 0 Å². The second-order valence-electron chi connectivity index (χ2n) is 8.04. The number of rotatable bonds is 4. The molecule has 1 aromatic heterocycles. The average Bonchev–Trinajstić information content (AvgIpc) is 2.87. The molecule has 0 bridgehead atoms. The molecular formula is C28H20ClN3O. The second-order valence-corrected chi connectivity index (χ2v) is 8.44. The van der Waals surface area contributed by atoms with Crippen molar-refractivity contribution in [1.29, 1.82) is 0 Å². The fourth-order valence-electron chi connectivity index (χ4n) is 4.53. The van der Waals surface area contributed by atoms with E-state index in [1.165, 1.54) is 0 Å². The zero-order valence-corrected chi connectivity index (χ0v) is 18.5. The minimum atomic E-state index is -0.0653. The fraction of sp³-hybridized carbons (Fsp3) is 0.0714. The van der Waals surface area contributed by atoms with Crippen molar-refractivity contribution in [3.05, 3.63) is 125 Å². The predicted octanol–water partition coefficient (Wildman–Crippen LogP) is 7.18. The first-order valence-corrected chi connectivity index (χ1v) is 11.2. The molecule has 0 fully saturated rings. The molecule has 0 aliphatic carbocycles. The molecule has 0 saturated heterocycles. The monoisotopic (exact) mass is 449 g/mol. The molecule has 4 nitrogen and oxygen atoms in total. The van der Waals surface area contributed by atoms with Gasteiger partial charge >= 0.3 is 0 Å². The lowest BCUT2D eigenvalue weighted by Crippen LogP contribution is -2.17. The normalized spacial score (nSPS) is 14.3. The molecule has 0 spiro atoms. The van der Waals surface area contributed by atoms with E-state index >= 15 is 0 Å². The molecule has 1 unspecified atom stereocenters. The molecule has 5 heteroatoms. The van der Waals surface area contributed by atoms with Crippen molar-refractivity contribution in [1.82, 2.24) is 9.97 Å². The summed E-state index contributed by atoms with van der Waals surface area (Å²) in [5.41, 5.74) is 4.20. The quantitative estimate of drug-likeness (QED) is 0.309. The summed E-state index contributed by atoms with van der Waals surface area (Å²) in [5, 5.41) is 6.42. The summed E-state index contributed by atoms with van der Waals surface area (Å²) >= 11 is 6.38. The van der Waals surface area contributed by atoms with Crippen LogP contribution in [0.15, 0.2) is 97.3 Å². The molecule has 1 atom stereocenters. The van der Waals surface area contributed by atoms with Gasteiger partial charge in [-0.3, -0.25) is 0 Å². The number of benzene rings is 4. The minimum Gasteiger partial charge on any atom is -0.438 e. The lowest BCUT2D eigenvalue weighted by Gasteiger charge is -2.30. The number of nitrogens with zero attached hydrogens (tertiary/aromatic N) is 2. The lowest BCUT2D eigenvalue weighted by molar-refractivity contribution is 0.438. The number of fused-ring (bicyclic) bond motifs is 4. The highest BCUT2D eigenvalue weighted by molar-refractivity contribution is 6.31. The van der Waals surface area contributed by atoms with E-state index in [2.05, 4.69) is 63.8 Å². The van der Waals surface area contributed by atoms with Crippen molar-refractivity contribution >= 4 is 28.2 Å². The first kappa shape index (κ1) is 19.8. The van der Waals surface area contributed by atoms with Crippen LogP contribution in [-0.4, -0.2) is 9.97 Å². The fourth-order valence-corrected chi connectivity index (χ4v) is 4.73. The van der Waals surface area contributed by atoms with Gasteiger partial charge in [-0.1, -0.05) is 96.5 Å². The zero-order chi connectivity index (χ0) is 22.2. The van der Waals surface area contributed by atoms with Gasteiger partial charge in [-0.25, -0.2) is 9.97 Å². The van der Waals surface area contributed by atoms with Crippen molar-refractivity contribution in [2.45, 2.75) is 12.5 Å². The van der Waals surface area contributed by atoms with Crippen LogP contribution in [0.4, 0.5) is 5.82 Å². The highest BCUT2D eigenvalue weighted by Crippen LogP contribution is 2.50. The van der Waals surface area contributed by atoms with E-state index in [-0.39, 0.29) is 5.92 Å². The molecule has 160 valence electrons. The van der Waals surface area contributed by atoms with Crippen LogP contribution in [0.2, 0.25) is 5.02 Å². The standard InChI is InChI=1S/C28H20ClN3O/c29-23-13-7-5-11-20(23)16-30-27-25-24(19-9-2-1-3-10-19)22-15-14-18-8-4-6-12-21(18)26(22)33-28(25)32-17-31-27/h1-15,17,24H,16H2,(H,30,31,32). The summed E-state index contributed by atoms with van der Waals surface area (Å²) in [6.45, 7) is 0.551. The summed E-state index contributed by atoms with van der Waals surface area (Å²) < 4.78 is 6.44. The van der Waals surface area contributed by atoms with Crippen molar-refractivity contribution < 1.29 is 4.74 Å². The molecule has 2 heterocycles. The smallest absolute Gasteiger partial charge is 0.228 e. The predicted molar refractivity (Wildman–Crippen MR) is 132 cm³/mol. The van der Waals surface area contributed by atoms with Crippen LogP contribution >= 0.6 is 11.6 Å². The molecule has 0 radical (unpaired) electrons. The van der Waals surface area contributed by atoms with Gasteiger partial charge in [0.2, 0.25) is 5.88 Å². The summed E-state index contributed by atoms with van der Waals surface area (Å²) in [5.74, 6) is 2.10. The SMILES string of the molecule is Clc1ccccc1CNc1ncnc2c1C(c1ccccc1)c1ccc3ccccc3c1O2. The number of aromatic nitrogens is 2. The van der Waals surface area contributed by atoms with Crippen LogP contribution in [0, 0.1) is 0 Å². The Bertz CT molecular complexity index is 1470. The maximum atomic E-state index is 6.44. The Morgan fingerprint density at radius 1 is 0.818 bits per heavy atom. The molecule has 4 aromatic carbocycles. The molecule has 0 saturated carbocycles. The summed E-state index contributed by atoms with van der Waals surface area (Å²) in [4.78, 5) is 9.14. The average molecular weight is 450 g/mol. The Labute approximate surface area is 196 Å². The highest BCUT2D eigenvalue weighted by atomic mass is 35.5. The third-order valence-electron chi connectivity index (χ3n) is 6.09. The number of hydrogen-bond acceptors (Lipinski definition) is 4. The minimum absolute atomic E-state index is 0.0653. The van der Waals surface area contributed by atoms with Gasteiger partial charge in [0.25, 0.3) is 0 Å². The van der Waals surface area contributed by atoms with Crippen LogP contribution in [0.5, 0.6) is 11.6 Å². The van der Waals surface area contributed by atoms with Crippen LogP contribution in [0.25, 0.3) is 10.8 Å². The van der Waals surface area contributed by atoms with Gasteiger partial charge in [-0.2, -0.15) is 0 Å². The molecular weight excluding hydrogens is 430 g/mol. The Kier molecular flexibility index (Phi) is 4.93. The van der Waals surface area contributed by atoms with Gasteiger partial charge in [-0.15, -0.1) is 0 Å². The summed E-state index contributed by atoms with van der Waals surface area (Å²) in [6, 6.07) is 30.8. The molecule has 1 N–H and O–H groups in total. The van der Waals surface area contributed by atoms with E-state index in [1.54, 1.807) is 6.33 Å². The van der Waals surface area contributed by atoms with Crippen LogP contribution in [0.1, 0.15) is 28.2 Å². The van der Waals surface area contributed by atoms with Gasteiger partial charge in [0.15, 0.2) is 0 Å². The van der Waals surface area contributed by atoms with Gasteiger partial charge in [-0.05, 0) is 22.6 Å². The van der Waals surface area contributed by atoms with Gasteiger partial charge < -0.3 is 10.1 Å². The first-order chi connectivity index (χ1) is 16.3. The lowest BCUT2D eigenvalue weighted by atomic mass is 9.82. The molecule has 5 aromatic rings. The van der Waals surface area contributed by atoms with E-state index in [9.17, 15) is 0 Å². The van der Waals surface area contributed by atoms with Gasteiger partial charge in [0.05, 0.1) is 5.56 Å². The zero-order valence-electron chi connectivity index (χ0n) is 17.7. The molecule has 1 aliphatic heterocycles. The summed E-state index contributed by atoms with van der Waals surface area (Å²) in [6.07, 6.45) is 1.55. The molecule has 0 amide bonds. The van der Waals surface area contributed by atoms with E-state index in [0.29, 0.717) is 12.4 Å². The third-order valence-corrected chi connectivity index (χ3v) is 6.46. The number of nitrogens with one attached hydrogen (secondary N) is 1. The Balaban J connectivity index is 1.51. The van der Waals surface area contributed by atoms with Gasteiger partial charge in [0, 0.05) is 28.4 Å². The van der Waals surface area contributed by atoms with Crippen LogP contribution in [-0.2, 0) is 6.54 Å². The molecule has 33 heavy (non-hydrogen) atoms. The maximum Gasteiger partial charge on any atom is 0.228 e. The van der Waals surface area contributed by atoms with E-state index in [0.717, 1.165) is 49.6 Å². The van der Waals surface area contributed by atoms with E-state index in [1.807, 2.05) is 42.5 Å². The van der Waals surface area contributed by atoms with Crippen molar-refractivity contribution in [2.75, 3.05) is 5.32 Å². The van der Waals surface area contributed by atoms with Crippen molar-refractivity contribution in [3.63, 3.8) is 0 Å². The first-order valence-electron chi connectivity index (χ1n) is 10.9. The highest BCUT2D eigenvalue weighted by Gasteiger charge is 2.33. The van der Waals surface area contributed by atoms with Crippen LogP contribution in [0.3, 0.4) is 0 Å². The maximum absolute atomic E-state index is 6.44. The number of anilines is 1. The van der Waals surface area contributed by atoms with E-state index in [4.69, 9.17) is 16.3 Å². The summed E-state index contributed by atoms with van der Waals surface area (Å²) in [7, 11) is 0. The third kappa shape index (κ3) is 3.49. The van der Waals surface area contributed by atoms with Crippen molar-refractivity contribution in [3.8, 4) is 11.6 Å². The number of ether oxygens (including phenoxy) is 1. The topological polar surface area (TPSA) is 47.0 Å². The molecule has 1 aliphatic rings. The molecule has 6 rings (SSSR count). The van der Waals surface area contributed by atoms with E-state index < -0.39 is 0 Å². The largest absolute Gasteiger partial charge is 0.438 e. The Hall–Kier alpha value is -3.89. The van der Waals surface area contributed by atoms with Gasteiger partial charge in [0.1, 0.15) is 17.9 Å². The number of halogens is 1.